The first kappa shape index (κ1) is 24.4. The maximum Gasteiger partial charge on any atom is 0.267 e. The molecule has 0 atom stereocenters. The van der Waals surface area contributed by atoms with Crippen LogP contribution in [0.4, 0.5) is 0 Å². The van der Waals surface area contributed by atoms with E-state index in [4.69, 9.17) is 0 Å². The van der Waals surface area contributed by atoms with E-state index in [9.17, 15) is 9.90 Å². The molecule has 2 heterocycles. The molecule has 8 aliphatic rings. The van der Waals surface area contributed by atoms with Gasteiger partial charge in [0, 0.05) is 5.54 Å². The molecule has 0 aliphatic heterocycles. The maximum atomic E-state index is 13.1. The predicted molar refractivity (Wildman–Crippen MR) is 154 cm³/mol. The SMILES string of the molecule is C1C2CC3CC1CC(C2)C3.O=C(NNC12CC3CC(CC(C3)C1)C2)c1ccc(O)c2[nH]c(-c3cccs3)nc12. The molecule has 3 aromatic rings. The molecule has 2 aromatic heterocycles. The van der Waals surface area contributed by atoms with Gasteiger partial charge in [0.25, 0.3) is 5.91 Å². The van der Waals surface area contributed by atoms with Crippen LogP contribution >= 0.6 is 11.3 Å². The van der Waals surface area contributed by atoms with Gasteiger partial charge in [0.1, 0.15) is 22.6 Å². The fraction of sp³-hybridized carbons (Fsp3) is 0.625. The number of aromatic amines is 1. The highest BCUT2D eigenvalue weighted by Gasteiger charge is 2.51. The van der Waals surface area contributed by atoms with Crippen LogP contribution in [-0.4, -0.2) is 26.5 Å². The molecule has 1 aromatic carbocycles. The summed E-state index contributed by atoms with van der Waals surface area (Å²) >= 11 is 1.57. The lowest BCUT2D eigenvalue weighted by Crippen LogP contribution is -2.62. The van der Waals surface area contributed by atoms with Gasteiger partial charge in [-0.3, -0.25) is 10.2 Å². The Labute approximate surface area is 234 Å². The predicted octanol–water partition coefficient (Wildman–Crippen LogP) is 7.03. The largest absolute Gasteiger partial charge is 0.506 e. The number of carbonyl (C=O) groups excluding carboxylic acids is 1. The van der Waals surface area contributed by atoms with Crippen LogP contribution in [-0.2, 0) is 0 Å². The molecule has 4 N–H and O–H groups in total. The Morgan fingerprint density at radius 2 is 1.41 bits per heavy atom. The number of phenols is 1. The summed E-state index contributed by atoms with van der Waals surface area (Å²) in [5, 5.41) is 12.2. The van der Waals surface area contributed by atoms with Crippen molar-refractivity contribution < 1.29 is 9.90 Å². The Hall–Kier alpha value is -2.38. The van der Waals surface area contributed by atoms with Crippen LogP contribution in [0.25, 0.3) is 21.7 Å². The molecular formula is C32H40N4O2S. The van der Waals surface area contributed by atoms with Crippen LogP contribution in [0.5, 0.6) is 5.75 Å². The van der Waals surface area contributed by atoms with E-state index >= 15 is 0 Å². The molecule has 8 saturated carbocycles. The van der Waals surface area contributed by atoms with Gasteiger partial charge < -0.3 is 10.1 Å². The first-order valence-corrected chi connectivity index (χ1v) is 16.2. The van der Waals surface area contributed by atoms with Crippen LogP contribution in [0.1, 0.15) is 87.4 Å². The van der Waals surface area contributed by atoms with Gasteiger partial charge in [-0.1, -0.05) is 6.07 Å². The van der Waals surface area contributed by atoms with Crippen LogP contribution in [0, 0.1) is 41.4 Å². The van der Waals surface area contributed by atoms with Crippen molar-refractivity contribution in [1.29, 1.82) is 0 Å². The average molecular weight is 545 g/mol. The topological polar surface area (TPSA) is 90.0 Å². The number of benzene rings is 1. The molecule has 39 heavy (non-hydrogen) atoms. The second kappa shape index (κ2) is 9.34. The van der Waals surface area contributed by atoms with E-state index in [0.717, 1.165) is 41.9 Å². The number of aromatic nitrogens is 2. The van der Waals surface area contributed by atoms with Crippen molar-refractivity contribution in [3.8, 4) is 16.5 Å². The monoisotopic (exact) mass is 544 g/mol. The molecule has 6 nitrogen and oxygen atoms in total. The summed E-state index contributed by atoms with van der Waals surface area (Å²) in [6.45, 7) is 0. The molecule has 8 fully saturated rings. The smallest absolute Gasteiger partial charge is 0.267 e. The van der Waals surface area contributed by atoms with Crippen molar-refractivity contribution in [2.24, 2.45) is 41.4 Å². The molecular weight excluding hydrogens is 504 g/mol. The zero-order chi connectivity index (χ0) is 26.1. The van der Waals surface area contributed by atoms with Gasteiger partial charge in [-0.2, -0.15) is 0 Å². The number of H-pyrrole nitrogens is 1. The highest BCUT2D eigenvalue weighted by molar-refractivity contribution is 7.13. The lowest BCUT2D eigenvalue weighted by atomic mass is 9.53. The number of hydrogen-bond acceptors (Lipinski definition) is 5. The van der Waals surface area contributed by atoms with E-state index in [1.54, 1.807) is 62.0 Å². The van der Waals surface area contributed by atoms with Crippen molar-refractivity contribution in [3.05, 3.63) is 35.2 Å². The number of aromatic hydroxyl groups is 1. The summed E-state index contributed by atoms with van der Waals surface area (Å²) in [6.07, 6.45) is 17.2. The summed E-state index contributed by atoms with van der Waals surface area (Å²) in [5.74, 6) is 7.71. The van der Waals surface area contributed by atoms with E-state index in [1.807, 2.05) is 17.5 Å². The molecule has 0 unspecified atom stereocenters. The maximum absolute atomic E-state index is 13.1. The molecule has 0 saturated heterocycles. The number of carbonyl (C=O) groups is 1. The molecule has 11 rings (SSSR count). The highest BCUT2D eigenvalue weighted by Crippen LogP contribution is 2.55. The third-order valence-electron chi connectivity index (χ3n) is 11.1. The second-order valence-corrected chi connectivity index (χ2v) is 15.0. The quantitative estimate of drug-likeness (QED) is 0.265. The van der Waals surface area contributed by atoms with Crippen molar-refractivity contribution >= 4 is 28.3 Å². The van der Waals surface area contributed by atoms with E-state index in [0.29, 0.717) is 22.4 Å². The summed E-state index contributed by atoms with van der Waals surface area (Å²) in [5.41, 5.74) is 7.94. The normalized spacial score (nSPS) is 37.2. The second-order valence-electron chi connectivity index (χ2n) is 14.1. The van der Waals surface area contributed by atoms with E-state index < -0.39 is 0 Å². The lowest BCUT2D eigenvalue weighted by molar-refractivity contribution is -0.0257. The molecule has 8 bridgehead atoms. The third-order valence-corrected chi connectivity index (χ3v) is 12.0. The minimum atomic E-state index is -0.199. The minimum absolute atomic E-state index is 0.0498. The average Bonchev–Trinajstić information content (AvgIpc) is 3.58. The number of nitrogens with zero attached hydrogens (tertiary/aromatic N) is 1. The molecule has 0 spiro atoms. The minimum Gasteiger partial charge on any atom is -0.506 e. The molecule has 7 heteroatoms. The molecule has 206 valence electrons. The summed E-state index contributed by atoms with van der Waals surface area (Å²) < 4.78 is 0. The Kier molecular flexibility index (Phi) is 5.85. The van der Waals surface area contributed by atoms with Crippen molar-refractivity contribution in [1.82, 2.24) is 20.8 Å². The van der Waals surface area contributed by atoms with Crippen LogP contribution in [0.15, 0.2) is 29.6 Å². The van der Waals surface area contributed by atoms with Crippen LogP contribution < -0.4 is 10.9 Å². The number of amides is 1. The van der Waals surface area contributed by atoms with Gasteiger partial charge in [-0.15, -0.1) is 11.3 Å². The molecule has 1 amide bonds. The van der Waals surface area contributed by atoms with Gasteiger partial charge in [-0.05, 0) is 142 Å². The van der Waals surface area contributed by atoms with Gasteiger partial charge in [0.15, 0.2) is 0 Å². The lowest BCUT2D eigenvalue weighted by Gasteiger charge is -2.56. The van der Waals surface area contributed by atoms with Crippen molar-refractivity contribution in [2.45, 2.75) is 82.6 Å². The Balaban J connectivity index is 0.000000195. The summed E-state index contributed by atoms with van der Waals surface area (Å²) in [4.78, 5) is 21.8. The van der Waals surface area contributed by atoms with Crippen LogP contribution in [0.3, 0.4) is 0 Å². The standard InChI is InChI=1S/C22H24N4O2S.C10H16/c27-16-4-3-15(18-19(16)24-20(23-18)17-2-1-5-29-17)21(28)25-26-22-9-12-6-13(10-22)8-14(7-12)11-22;1-7-2-9-4-8(1)5-10(3-7)6-9/h1-5,12-14,26-27H,6-11H2,(H,23,24)(H,25,28);7-10H,1-6H2. The number of imidazole rings is 1. The number of phenolic OH excluding ortho intramolecular Hbond substituents is 1. The van der Waals surface area contributed by atoms with Crippen molar-refractivity contribution in [2.75, 3.05) is 0 Å². The molecule has 0 radical (unpaired) electrons. The Bertz CT molecular complexity index is 1290. The van der Waals surface area contributed by atoms with E-state index in [-0.39, 0.29) is 17.2 Å². The Morgan fingerprint density at radius 1 is 0.846 bits per heavy atom. The first-order chi connectivity index (χ1) is 19.0. The fourth-order valence-electron chi connectivity index (χ4n) is 10.3. The van der Waals surface area contributed by atoms with E-state index in [1.165, 1.54) is 42.9 Å². The fourth-order valence-corrected chi connectivity index (χ4v) is 11.0. The van der Waals surface area contributed by atoms with Gasteiger partial charge in [0.05, 0.1) is 10.4 Å². The van der Waals surface area contributed by atoms with Gasteiger partial charge >= 0.3 is 0 Å². The Morgan fingerprint density at radius 3 is 1.95 bits per heavy atom. The zero-order valence-corrected chi connectivity index (χ0v) is 23.4. The number of rotatable bonds is 4. The number of fused-ring (bicyclic) bond motifs is 1. The summed E-state index contributed by atoms with van der Waals surface area (Å²) in [6, 6.07) is 7.12. The number of nitrogens with one attached hydrogen (secondary N) is 3. The number of hydrazine groups is 1. The van der Waals surface area contributed by atoms with E-state index in [2.05, 4.69) is 20.8 Å². The number of thiophene rings is 1. The van der Waals surface area contributed by atoms with Crippen molar-refractivity contribution in [3.63, 3.8) is 0 Å². The van der Waals surface area contributed by atoms with Crippen LogP contribution in [0.2, 0.25) is 0 Å². The number of hydrogen-bond donors (Lipinski definition) is 4. The summed E-state index contributed by atoms with van der Waals surface area (Å²) in [7, 11) is 0. The zero-order valence-electron chi connectivity index (χ0n) is 22.6. The third kappa shape index (κ3) is 4.50. The van der Waals surface area contributed by atoms with Gasteiger partial charge in [0.2, 0.25) is 0 Å². The van der Waals surface area contributed by atoms with Gasteiger partial charge in [-0.25, -0.2) is 10.4 Å². The first-order valence-electron chi connectivity index (χ1n) is 15.3. The highest BCUT2D eigenvalue weighted by atomic mass is 32.1. The molecule has 8 aliphatic carbocycles.